The van der Waals surface area contributed by atoms with E-state index in [0.717, 1.165) is 0 Å². The fourth-order valence-electron chi connectivity index (χ4n) is 0.829. The van der Waals surface area contributed by atoms with Crippen molar-refractivity contribution in [3.63, 3.8) is 0 Å². The average molecular weight is 175 g/mol. The molecule has 1 aliphatic rings. The van der Waals surface area contributed by atoms with Gasteiger partial charge in [0.15, 0.2) is 5.78 Å². The maximum absolute atomic E-state index is 11.1. The van der Waals surface area contributed by atoms with Gasteiger partial charge in [0.25, 0.3) is 0 Å². The number of ketones is 1. The van der Waals surface area contributed by atoms with Gasteiger partial charge in [0.2, 0.25) is 0 Å². The van der Waals surface area contributed by atoms with Crippen molar-refractivity contribution in [2.24, 2.45) is 0 Å². The molecule has 0 aliphatic carbocycles. The molecule has 0 bridgehead atoms. The van der Waals surface area contributed by atoms with Crippen LogP contribution in [-0.4, -0.2) is 29.8 Å². The van der Waals surface area contributed by atoms with Gasteiger partial charge in [-0.2, -0.15) is 12.6 Å². The summed E-state index contributed by atoms with van der Waals surface area (Å²) in [5.74, 6) is -0.112. The van der Waals surface area contributed by atoms with E-state index in [1.807, 2.05) is 0 Å². The van der Waals surface area contributed by atoms with Crippen LogP contribution in [0.1, 0.15) is 6.92 Å². The summed E-state index contributed by atoms with van der Waals surface area (Å²) in [6, 6.07) is -0.505. The molecule has 1 unspecified atom stereocenters. The van der Waals surface area contributed by atoms with Crippen molar-refractivity contribution in [2.75, 3.05) is 6.61 Å². The van der Waals surface area contributed by atoms with Gasteiger partial charge in [0.05, 0.1) is 5.25 Å². The Morgan fingerprint density at radius 2 is 2.55 bits per heavy atom. The van der Waals surface area contributed by atoms with E-state index >= 15 is 0 Å². The van der Waals surface area contributed by atoms with Crippen LogP contribution in [-0.2, 0) is 9.53 Å². The van der Waals surface area contributed by atoms with Crippen molar-refractivity contribution in [2.45, 2.75) is 18.2 Å². The molecular weight excluding hydrogens is 166 g/mol. The zero-order chi connectivity index (χ0) is 8.43. The zero-order valence-electron chi connectivity index (χ0n) is 6.03. The van der Waals surface area contributed by atoms with Crippen LogP contribution in [0.15, 0.2) is 0 Å². The fraction of sp³-hybridized carbons (Fsp3) is 0.667. The predicted molar refractivity (Wildman–Crippen MR) is 41.7 cm³/mol. The number of hydrogen-bond donors (Lipinski definition) is 2. The summed E-state index contributed by atoms with van der Waals surface area (Å²) in [5, 5.41) is 2.02. The number of thiol groups is 1. The Hall–Kier alpha value is -0.710. The number of amides is 1. The lowest BCUT2D eigenvalue weighted by Crippen LogP contribution is -2.38. The lowest BCUT2D eigenvalue weighted by molar-refractivity contribution is -0.119. The highest BCUT2D eigenvalue weighted by atomic mass is 32.1. The third kappa shape index (κ3) is 1.86. The van der Waals surface area contributed by atoms with Crippen LogP contribution in [0.3, 0.4) is 0 Å². The fourth-order valence-corrected chi connectivity index (χ4v) is 1.01. The first-order valence-electron chi connectivity index (χ1n) is 3.26. The van der Waals surface area contributed by atoms with Crippen molar-refractivity contribution >= 4 is 24.5 Å². The first-order valence-corrected chi connectivity index (χ1v) is 3.78. The summed E-state index contributed by atoms with van der Waals surface area (Å²) in [7, 11) is 0. The van der Waals surface area contributed by atoms with E-state index in [9.17, 15) is 9.59 Å². The standard InChI is InChI=1S/C6H9NO3S/c1-3(11)5(8)4-2-10-6(9)7-4/h3-4,11H,2H2,1H3,(H,7,9)/t3?,4-/m0/s1. The second kappa shape index (κ2) is 3.13. The van der Waals surface area contributed by atoms with Crippen LogP contribution in [0.4, 0.5) is 4.79 Å². The van der Waals surface area contributed by atoms with Crippen LogP contribution >= 0.6 is 12.6 Å². The first kappa shape index (κ1) is 8.39. The van der Waals surface area contributed by atoms with Crippen LogP contribution in [0, 0.1) is 0 Å². The molecule has 5 heteroatoms. The lowest BCUT2D eigenvalue weighted by Gasteiger charge is -2.07. The van der Waals surface area contributed by atoms with E-state index in [1.54, 1.807) is 6.92 Å². The number of rotatable bonds is 2. The van der Waals surface area contributed by atoms with Crippen molar-refractivity contribution < 1.29 is 14.3 Å². The Morgan fingerprint density at radius 1 is 1.91 bits per heavy atom. The van der Waals surface area contributed by atoms with Crippen LogP contribution in [0.25, 0.3) is 0 Å². The van der Waals surface area contributed by atoms with Gasteiger partial charge in [-0.3, -0.25) is 4.79 Å². The Morgan fingerprint density at radius 3 is 2.91 bits per heavy atom. The molecule has 1 N–H and O–H groups in total. The molecule has 0 aromatic rings. The summed E-state index contributed by atoms with van der Waals surface area (Å²) in [4.78, 5) is 21.6. The van der Waals surface area contributed by atoms with Gasteiger partial charge in [0, 0.05) is 0 Å². The van der Waals surface area contributed by atoms with Crippen LogP contribution in [0.5, 0.6) is 0 Å². The van der Waals surface area contributed by atoms with Crippen LogP contribution < -0.4 is 5.32 Å². The van der Waals surface area contributed by atoms with E-state index in [4.69, 9.17) is 0 Å². The molecule has 2 atom stereocenters. The Balaban J connectivity index is 2.50. The van der Waals surface area contributed by atoms with Crippen molar-refractivity contribution in [1.82, 2.24) is 5.32 Å². The van der Waals surface area contributed by atoms with Gasteiger partial charge in [0.1, 0.15) is 12.6 Å². The summed E-state index contributed by atoms with van der Waals surface area (Å²) in [6.45, 7) is 1.79. The summed E-state index contributed by atoms with van der Waals surface area (Å²) in [5.41, 5.74) is 0. The van der Waals surface area contributed by atoms with Gasteiger partial charge < -0.3 is 10.1 Å². The molecule has 0 spiro atoms. The highest BCUT2D eigenvalue weighted by Gasteiger charge is 2.30. The minimum Gasteiger partial charge on any atom is -0.447 e. The Bertz CT molecular complexity index is 192. The monoisotopic (exact) mass is 175 g/mol. The molecule has 62 valence electrons. The van der Waals surface area contributed by atoms with Gasteiger partial charge in [-0.1, -0.05) is 0 Å². The maximum atomic E-state index is 11.1. The summed E-state index contributed by atoms with van der Waals surface area (Å²) in [6.07, 6.45) is -0.530. The van der Waals surface area contributed by atoms with E-state index in [2.05, 4.69) is 22.7 Å². The number of alkyl carbamates (subject to hydrolysis) is 1. The molecule has 0 radical (unpaired) electrons. The molecular formula is C6H9NO3S. The minimum atomic E-state index is -0.530. The third-order valence-corrected chi connectivity index (χ3v) is 1.68. The molecule has 11 heavy (non-hydrogen) atoms. The molecule has 1 saturated heterocycles. The molecule has 0 saturated carbocycles. The highest BCUT2D eigenvalue weighted by molar-refractivity contribution is 7.81. The molecule has 0 aromatic carbocycles. The number of carbonyl (C=O) groups excluding carboxylic acids is 2. The second-order valence-electron chi connectivity index (χ2n) is 2.37. The molecule has 1 aliphatic heterocycles. The van der Waals surface area contributed by atoms with E-state index in [1.165, 1.54) is 0 Å². The molecule has 1 rings (SSSR count). The maximum Gasteiger partial charge on any atom is 0.407 e. The van der Waals surface area contributed by atoms with Crippen molar-refractivity contribution in [3.8, 4) is 0 Å². The molecule has 4 nitrogen and oxygen atoms in total. The van der Waals surface area contributed by atoms with E-state index < -0.39 is 12.1 Å². The number of hydrogen-bond acceptors (Lipinski definition) is 4. The van der Waals surface area contributed by atoms with Gasteiger partial charge >= 0.3 is 6.09 Å². The smallest absolute Gasteiger partial charge is 0.407 e. The normalized spacial score (nSPS) is 25.6. The van der Waals surface area contributed by atoms with Gasteiger partial charge in [-0.25, -0.2) is 4.79 Å². The Labute approximate surface area is 69.7 Å². The molecule has 1 fully saturated rings. The van der Waals surface area contributed by atoms with E-state index in [0.29, 0.717) is 0 Å². The third-order valence-electron chi connectivity index (χ3n) is 1.43. The molecule has 1 heterocycles. The number of cyclic esters (lactones) is 1. The lowest BCUT2D eigenvalue weighted by atomic mass is 10.1. The topological polar surface area (TPSA) is 55.4 Å². The van der Waals surface area contributed by atoms with Crippen molar-refractivity contribution in [3.05, 3.63) is 0 Å². The summed E-state index contributed by atoms with van der Waals surface area (Å²) >= 11 is 3.94. The SMILES string of the molecule is CC(S)C(=O)[C@@H]1COC(=O)N1. The molecule has 1 amide bonds. The minimum absolute atomic E-state index is 0.112. The largest absolute Gasteiger partial charge is 0.447 e. The van der Waals surface area contributed by atoms with Gasteiger partial charge in [-0.15, -0.1) is 0 Å². The Kier molecular flexibility index (Phi) is 2.38. The quantitative estimate of drug-likeness (QED) is 0.580. The second-order valence-corrected chi connectivity index (χ2v) is 3.15. The molecule has 0 aromatic heterocycles. The first-order chi connectivity index (χ1) is 5.11. The van der Waals surface area contributed by atoms with Crippen molar-refractivity contribution in [1.29, 1.82) is 0 Å². The number of Topliss-reactive ketones (excluding diaryl/α,β-unsaturated/α-hetero) is 1. The van der Waals surface area contributed by atoms with Gasteiger partial charge in [-0.05, 0) is 6.92 Å². The van der Waals surface area contributed by atoms with Crippen LogP contribution in [0.2, 0.25) is 0 Å². The number of carbonyl (C=O) groups is 2. The van der Waals surface area contributed by atoms with E-state index in [-0.39, 0.29) is 17.6 Å². The zero-order valence-corrected chi connectivity index (χ0v) is 6.93. The number of nitrogens with one attached hydrogen (secondary N) is 1. The predicted octanol–water partition coefficient (Wildman–Crippen LogP) is -0.0178. The highest BCUT2D eigenvalue weighted by Crippen LogP contribution is 2.04. The average Bonchev–Trinajstić information content (AvgIpc) is 2.34. The number of ether oxygens (including phenoxy) is 1. The summed E-state index contributed by atoms with van der Waals surface area (Å²) < 4.78 is 4.53.